The molecule has 0 N–H and O–H groups in total. The molecule has 29 heavy (non-hydrogen) atoms. The summed E-state index contributed by atoms with van der Waals surface area (Å²) in [5.41, 5.74) is 1.72. The molecule has 2 aromatic heterocycles. The Balaban J connectivity index is 1.44. The summed E-state index contributed by atoms with van der Waals surface area (Å²) in [6.07, 6.45) is 8.93. The fourth-order valence-electron chi connectivity index (χ4n) is 3.55. The fraction of sp³-hybridized carbons (Fsp3) is 0.318. The Bertz CT molecular complexity index is 954. The molecular weight excluding hydrogens is 366 g/mol. The maximum atomic E-state index is 13.0. The predicted molar refractivity (Wildman–Crippen MR) is 112 cm³/mol. The van der Waals surface area contributed by atoms with Crippen molar-refractivity contribution in [3.05, 3.63) is 66.7 Å². The molecule has 7 nitrogen and oxygen atoms in total. The van der Waals surface area contributed by atoms with Gasteiger partial charge in [0.2, 0.25) is 0 Å². The van der Waals surface area contributed by atoms with Crippen LogP contribution in [0.5, 0.6) is 5.88 Å². The minimum Gasteiger partial charge on any atom is -0.470 e. The Morgan fingerprint density at radius 1 is 1.10 bits per heavy atom. The summed E-state index contributed by atoms with van der Waals surface area (Å²) < 4.78 is 8.14. The number of carbonyl (C=O) groups is 1. The number of benzene rings is 1. The Morgan fingerprint density at radius 2 is 1.83 bits per heavy atom. The normalized spacial score (nSPS) is 16.5. The van der Waals surface area contributed by atoms with Crippen molar-refractivity contribution in [2.45, 2.75) is 18.9 Å². The summed E-state index contributed by atoms with van der Waals surface area (Å²) in [7, 11) is 3.82. The molecule has 4 rings (SSSR count). The lowest BCUT2D eigenvalue weighted by atomic mass is 10.1. The molecule has 0 bridgehead atoms. The zero-order valence-corrected chi connectivity index (χ0v) is 16.7. The van der Waals surface area contributed by atoms with Crippen LogP contribution < -0.4 is 9.64 Å². The number of anilines is 1. The van der Waals surface area contributed by atoms with E-state index in [4.69, 9.17) is 4.74 Å². The predicted octanol–water partition coefficient (Wildman–Crippen LogP) is 3.02. The van der Waals surface area contributed by atoms with Gasteiger partial charge in [-0.1, -0.05) is 0 Å². The van der Waals surface area contributed by atoms with Gasteiger partial charge >= 0.3 is 0 Å². The van der Waals surface area contributed by atoms with Crippen molar-refractivity contribution in [1.82, 2.24) is 19.4 Å². The highest BCUT2D eigenvalue weighted by Gasteiger charge is 2.27. The maximum Gasteiger partial charge on any atom is 0.257 e. The van der Waals surface area contributed by atoms with Crippen molar-refractivity contribution >= 4 is 11.7 Å². The first kappa shape index (κ1) is 19.0. The molecule has 0 saturated carbocycles. The summed E-state index contributed by atoms with van der Waals surface area (Å²) in [6.45, 7) is 1.28. The van der Waals surface area contributed by atoms with Crippen LogP contribution in [0.2, 0.25) is 0 Å². The molecule has 1 unspecified atom stereocenters. The van der Waals surface area contributed by atoms with Gasteiger partial charge in [0, 0.05) is 56.7 Å². The van der Waals surface area contributed by atoms with Crippen LogP contribution in [-0.2, 0) is 0 Å². The molecule has 0 spiro atoms. The van der Waals surface area contributed by atoms with E-state index in [1.807, 2.05) is 77.3 Å². The first-order chi connectivity index (χ1) is 14.1. The van der Waals surface area contributed by atoms with E-state index in [-0.39, 0.29) is 12.0 Å². The third-order valence-corrected chi connectivity index (χ3v) is 5.03. The van der Waals surface area contributed by atoms with Gasteiger partial charge in [0.25, 0.3) is 11.8 Å². The summed E-state index contributed by atoms with van der Waals surface area (Å²) in [5, 5.41) is 0. The number of amides is 1. The minimum atomic E-state index is -0.0951. The second-order valence-electron chi connectivity index (χ2n) is 7.35. The van der Waals surface area contributed by atoms with Crippen molar-refractivity contribution < 1.29 is 9.53 Å². The molecule has 1 amide bonds. The highest BCUT2D eigenvalue weighted by Crippen LogP contribution is 2.24. The number of nitrogens with zero attached hydrogens (tertiary/aromatic N) is 5. The molecule has 1 fully saturated rings. The molecule has 1 atom stereocenters. The highest BCUT2D eigenvalue weighted by molar-refractivity contribution is 5.94. The molecule has 3 aromatic rings. The number of hydrogen-bond donors (Lipinski definition) is 0. The number of aromatic nitrogens is 3. The van der Waals surface area contributed by atoms with E-state index in [2.05, 4.69) is 9.97 Å². The largest absolute Gasteiger partial charge is 0.470 e. The molecule has 0 radical (unpaired) electrons. The zero-order valence-electron chi connectivity index (χ0n) is 16.7. The molecule has 150 valence electrons. The molecule has 1 aromatic carbocycles. The zero-order chi connectivity index (χ0) is 20.2. The topological polar surface area (TPSA) is 63.5 Å². The molecule has 1 aliphatic heterocycles. The van der Waals surface area contributed by atoms with Gasteiger partial charge < -0.3 is 19.1 Å². The van der Waals surface area contributed by atoms with Crippen LogP contribution in [-0.4, -0.2) is 58.6 Å². The van der Waals surface area contributed by atoms with E-state index < -0.39 is 0 Å². The van der Waals surface area contributed by atoms with Gasteiger partial charge in [0.1, 0.15) is 6.10 Å². The number of piperidine rings is 1. The van der Waals surface area contributed by atoms with Crippen LogP contribution in [0.4, 0.5) is 5.82 Å². The lowest BCUT2D eigenvalue weighted by Crippen LogP contribution is -2.44. The first-order valence-corrected chi connectivity index (χ1v) is 9.79. The van der Waals surface area contributed by atoms with Gasteiger partial charge in [0.05, 0.1) is 6.54 Å². The van der Waals surface area contributed by atoms with Crippen LogP contribution >= 0.6 is 0 Å². The Kier molecular flexibility index (Phi) is 5.46. The van der Waals surface area contributed by atoms with Crippen molar-refractivity contribution in [2.24, 2.45) is 0 Å². The Morgan fingerprint density at radius 3 is 2.55 bits per heavy atom. The lowest BCUT2D eigenvalue weighted by molar-refractivity contribution is 0.0528. The number of carbonyl (C=O) groups excluding carboxylic acids is 1. The summed E-state index contributed by atoms with van der Waals surface area (Å²) in [4.78, 5) is 25.4. The van der Waals surface area contributed by atoms with Gasteiger partial charge in [-0.2, -0.15) is 0 Å². The SMILES string of the molecule is CN(C)c1nccnc1OC1CCCN(C(=O)c2ccc(-n3cccc3)cc2)C1. The van der Waals surface area contributed by atoms with Crippen molar-refractivity contribution in [2.75, 3.05) is 32.1 Å². The molecule has 7 heteroatoms. The van der Waals surface area contributed by atoms with Gasteiger partial charge in [-0.25, -0.2) is 9.97 Å². The monoisotopic (exact) mass is 391 g/mol. The van der Waals surface area contributed by atoms with E-state index in [1.165, 1.54) is 0 Å². The van der Waals surface area contributed by atoms with Crippen molar-refractivity contribution in [1.29, 1.82) is 0 Å². The quantitative estimate of drug-likeness (QED) is 0.669. The maximum absolute atomic E-state index is 13.0. The molecule has 3 heterocycles. The van der Waals surface area contributed by atoms with Crippen LogP contribution in [0.1, 0.15) is 23.2 Å². The third-order valence-electron chi connectivity index (χ3n) is 5.03. The number of rotatable bonds is 5. The standard InChI is InChI=1S/C22H25N5O2/c1-25(2)20-21(24-12-11-23-20)29-19-6-5-15-27(16-19)22(28)17-7-9-18(10-8-17)26-13-3-4-14-26/h3-4,7-14,19H,5-6,15-16H2,1-2H3. The van der Waals surface area contributed by atoms with E-state index in [0.29, 0.717) is 23.8 Å². The third kappa shape index (κ3) is 4.23. The van der Waals surface area contributed by atoms with Crippen LogP contribution in [0.15, 0.2) is 61.2 Å². The minimum absolute atomic E-state index is 0.0318. The van der Waals surface area contributed by atoms with E-state index in [9.17, 15) is 4.79 Å². The molecule has 1 saturated heterocycles. The molecule has 1 aliphatic rings. The highest BCUT2D eigenvalue weighted by atomic mass is 16.5. The fourth-order valence-corrected chi connectivity index (χ4v) is 3.55. The van der Waals surface area contributed by atoms with Gasteiger partial charge in [-0.3, -0.25) is 4.79 Å². The smallest absolute Gasteiger partial charge is 0.257 e. The van der Waals surface area contributed by atoms with Gasteiger partial charge in [-0.05, 0) is 49.2 Å². The van der Waals surface area contributed by atoms with Gasteiger partial charge in [0.15, 0.2) is 5.82 Å². The number of hydrogen-bond acceptors (Lipinski definition) is 5. The van der Waals surface area contributed by atoms with E-state index in [0.717, 1.165) is 25.1 Å². The van der Waals surface area contributed by atoms with Crippen LogP contribution in [0.3, 0.4) is 0 Å². The number of likely N-dealkylation sites (tertiary alicyclic amines) is 1. The summed E-state index contributed by atoms with van der Waals surface area (Å²) in [6, 6.07) is 11.7. The first-order valence-electron chi connectivity index (χ1n) is 9.79. The van der Waals surface area contributed by atoms with Crippen molar-refractivity contribution in [3.63, 3.8) is 0 Å². The van der Waals surface area contributed by atoms with Gasteiger partial charge in [-0.15, -0.1) is 0 Å². The average Bonchev–Trinajstić information content (AvgIpc) is 3.29. The summed E-state index contributed by atoms with van der Waals surface area (Å²) >= 11 is 0. The van der Waals surface area contributed by atoms with Crippen LogP contribution in [0, 0.1) is 0 Å². The summed E-state index contributed by atoms with van der Waals surface area (Å²) in [5.74, 6) is 1.23. The number of ether oxygens (including phenoxy) is 1. The van der Waals surface area contributed by atoms with E-state index >= 15 is 0 Å². The van der Waals surface area contributed by atoms with Crippen molar-refractivity contribution in [3.8, 4) is 11.6 Å². The van der Waals surface area contributed by atoms with Crippen LogP contribution in [0.25, 0.3) is 5.69 Å². The second-order valence-corrected chi connectivity index (χ2v) is 7.35. The second kappa shape index (κ2) is 8.34. The lowest BCUT2D eigenvalue weighted by Gasteiger charge is -2.33. The molecular formula is C22H25N5O2. The Labute approximate surface area is 170 Å². The van der Waals surface area contributed by atoms with E-state index in [1.54, 1.807) is 12.4 Å². The Hall–Kier alpha value is -3.35. The average molecular weight is 391 g/mol. The molecule has 0 aliphatic carbocycles.